The predicted molar refractivity (Wildman–Crippen MR) is 72.9 cm³/mol. The minimum Gasteiger partial charge on any atom is -0.344 e. The van der Waals surface area contributed by atoms with Crippen molar-refractivity contribution in [1.29, 1.82) is 0 Å². The lowest BCUT2D eigenvalue weighted by atomic mass is 10.2. The third kappa shape index (κ3) is 5.06. The van der Waals surface area contributed by atoms with Crippen LogP contribution < -0.4 is 10.6 Å². The van der Waals surface area contributed by atoms with E-state index in [2.05, 4.69) is 10.6 Å². The minimum absolute atomic E-state index is 0.0286. The van der Waals surface area contributed by atoms with Crippen molar-refractivity contribution in [3.8, 4) is 0 Å². The van der Waals surface area contributed by atoms with Gasteiger partial charge < -0.3 is 15.5 Å². The van der Waals surface area contributed by atoms with E-state index in [-0.39, 0.29) is 31.3 Å². The lowest BCUT2D eigenvalue weighted by Crippen LogP contribution is -2.46. The number of nitrogens with zero attached hydrogens (tertiary/aromatic N) is 1. The molecule has 0 aromatic carbocycles. The van der Waals surface area contributed by atoms with Gasteiger partial charge in [-0.05, 0) is 6.42 Å². The maximum atomic E-state index is 12.3. The van der Waals surface area contributed by atoms with Crippen LogP contribution in [-0.2, 0) is 9.59 Å². The van der Waals surface area contributed by atoms with Gasteiger partial charge in [-0.3, -0.25) is 9.59 Å². The Hall–Kier alpha value is -0.960. The second-order valence-corrected chi connectivity index (χ2v) is 6.36. The van der Waals surface area contributed by atoms with Crippen molar-refractivity contribution >= 4 is 23.6 Å². The standard InChI is InChI=1S/C12H18F3N3O2S/c13-12(14,15)7-18-3-1-9(11(18)20)17-10(19)5-8-6-21-4-2-16-8/h8-9,16H,1-7H2,(H,17,19). The van der Waals surface area contributed by atoms with Gasteiger partial charge in [0.05, 0.1) is 0 Å². The average Bonchev–Trinajstić information content (AvgIpc) is 2.71. The van der Waals surface area contributed by atoms with Crippen LogP contribution in [0.15, 0.2) is 0 Å². The van der Waals surface area contributed by atoms with Crippen molar-refractivity contribution < 1.29 is 22.8 Å². The largest absolute Gasteiger partial charge is 0.406 e. The molecule has 0 spiro atoms. The van der Waals surface area contributed by atoms with Crippen molar-refractivity contribution in [2.75, 3.05) is 31.1 Å². The smallest absolute Gasteiger partial charge is 0.344 e. The van der Waals surface area contributed by atoms with E-state index >= 15 is 0 Å². The van der Waals surface area contributed by atoms with Gasteiger partial charge in [0.1, 0.15) is 12.6 Å². The first kappa shape index (κ1) is 16.4. The van der Waals surface area contributed by atoms with Gasteiger partial charge in [0.15, 0.2) is 0 Å². The van der Waals surface area contributed by atoms with Crippen LogP contribution in [0.25, 0.3) is 0 Å². The first-order chi connectivity index (χ1) is 9.85. The van der Waals surface area contributed by atoms with Gasteiger partial charge >= 0.3 is 6.18 Å². The van der Waals surface area contributed by atoms with Crippen LogP contribution in [0.3, 0.4) is 0 Å². The highest BCUT2D eigenvalue weighted by Gasteiger charge is 2.39. The predicted octanol–water partition coefficient (Wildman–Crippen LogP) is 0.361. The van der Waals surface area contributed by atoms with E-state index in [4.69, 9.17) is 0 Å². The zero-order valence-corrected chi connectivity index (χ0v) is 12.2. The molecule has 0 saturated carbocycles. The van der Waals surface area contributed by atoms with Gasteiger partial charge in [-0.1, -0.05) is 0 Å². The quantitative estimate of drug-likeness (QED) is 0.784. The molecule has 120 valence electrons. The molecule has 2 amide bonds. The third-order valence-electron chi connectivity index (χ3n) is 3.43. The molecule has 2 rings (SSSR count). The summed E-state index contributed by atoms with van der Waals surface area (Å²) in [5, 5.41) is 5.75. The molecule has 0 radical (unpaired) electrons. The second-order valence-electron chi connectivity index (χ2n) is 5.21. The number of alkyl halides is 3. The van der Waals surface area contributed by atoms with Crippen molar-refractivity contribution in [2.24, 2.45) is 0 Å². The fourth-order valence-corrected chi connectivity index (χ4v) is 3.42. The summed E-state index contributed by atoms with van der Waals surface area (Å²) in [6.45, 7) is -0.385. The Kier molecular flexibility index (Phi) is 5.37. The molecule has 2 saturated heterocycles. The summed E-state index contributed by atoms with van der Waals surface area (Å²) in [4.78, 5) is 24.4. The first-order valence-corrected chi connectivity index (χ1v) is 7.96. The highest BCUT2D eigenvalue weighted by atomic mass is 32.2. The molecule has 2 aliphatic heterocycles. The van der Waals surface area contributed by atoms with Crippen LogP contribution in [0.4, 0.5) is 13.2 Å². The summed E-state index contributed by atoms with van der Waals surface area (Å²) >= 11 is 1.75. The van der Waals surface area contributed by atoms with E-state index in [0.29, 0.717) is 0 Å². The SMILES string of the molecule is O=C(CC1CSCCN1)NC1CCN(CC(F)(F)F)C1=O. The summed E-state index contributed by atoms with van der Waals surface area (Å²) in [5.41, 5.74) is 0. The molecule has 5 nitrogen and oxygen atoms in total. The Labute approximate surface area is 125 Å². The minimum atomic E-state index is -4.40. The molecular weight excluding hydrogens is 307 g/mol. The van der Waals surface area contributed by atoms with E-state index in [1.807, 2.05) is 0 Å². The number of amides is 2. The van der Waals surface area contributed by atoms with Gasteiger partial charge in [0, 0.05) is 37.1 Å². The molecule has 2 atom stereocenters. The molecule has 2 aliphatic rings. The second kappa shape index (κ2) is 6.87. The lowest BCUT2D eigenvalue weighted by molar-refractivity contribution is -0.158. The number of nitrogens with one attached hydrogen (secondary N) is 2. The Balaban J connectivity index is 1.78. The normalized spacial score (nSPS) is 27.0. The number of hydrogen-bond acceptors (Lipinski definition) is 4. The summed E-state index contributed by atoms with van der Waals surface area (Å²) in [6.07, 6.45) is -3.93. The van der Waals surface area contributed by atoms with E-state index in [1.165, 1.54) is 0 Å². The molecule has 2 fully saturated rings. The number of rotatable bonds is 4. The van der Waals surface area contributed by atoms with Crippen LogP contribution in [0.2, 0.25) is 0 Å². The molecule has 21 heavy (non-hydrogen) atoms. The van der Waals surface area contributed by atoms with Gasteiger partial charge in [-0.25, -0.2) is 0 Å². The van der Waals surface area contributed by atoms with Crippen LogP contribution in [-0.4, -0.2) is 66.1 Å². The van der Waals surface area contributed by atoms with Crippen LogP contribution in [0.1, 0.15) is 12.8 Å². The molecule has 0 aromatic rings. The average molecular weight is 325 g/mol. The van der Waals surface area contributed by atoms with Crippen molar-refractivity contribution in [1.82, 2.24) is 15.5 Å². The molecule has 0 bridgehead atoms. The number of likely N-dealkylation sites (tertiary alicyclic amines) is 1. The van der Waals surface area contributed by atoms with E-state index in [1.54, 1.807) is 11.8 Å². The maximum Gasteiger partial charge on any atom is 0.406 e. The Bertz CT molecular complexity index is 400. The van der Waals surface area contributed by atoms with Gasteiger partial charge in [-0.15, -0.1) is 0 Å². The molecule has 2 unspecified atom stereocenters. The highest BCUT2D eigenvalue weighted by molar-refractivity contribution is 7.99. The summed E-state index contributed by atoms with van der Waals surface area (Å²) in [6, 6.07) is -0.761. The molecule has 2 heterocycles. The summed E-state index contributed by atoms with van der Waals surface area (Å²) < 4.78 is 36.9. The number of hydrogen-bond donors (Lipinski definition) is 2. The van der Waals surface area contributed by atoms with Crippen LogP contribution in [0, 0.1) is 0 Å². The molecular formula is C12H18F3N3O2S. The van der Waals surface area contributed by atoms with Gasteiger partial charge in [-0.2, -0.15) is 24.9 Å². The zero-order chi connectivity index (χ0) is 15.5. The highest BCUT2D eigenvalue weighted by Crippen LogP contribution is 2.21. The van der Waals surface area contributed by atoms with Crippen molar-refractivity contribution in [3.05, 3.63) is 0 Å². The Morgan fingerprint density at radius 2 is 2.24 bits per heavy atom. The van der Waals surface area contributed by atoms with Gasteiger partial charge in [0.25, 0.3) is 0 Å². The summed E-state index contributed by atoms with van der Waals surface area (Å²) in [7, 11) is 0. The van der Waals surface area contributed by atoms with Crippen molar-refractivity contribution in [3.63, 3.8) is 0 Å². The van der Waals surface area contributed by atoms with Crippen LogP contribution >= 0.6 is 11.8 Å². The molecule has 0 aliphatic carbocycles. The number of thioether (sulfide) groups is 1. The third-order valence-corrected chi connectivity index (χ3v) is 4.56. The van der Waals surface area contributed by atoms with E-state index in [0.717, 1.165) is 23.0 Å². The fourth-order valence-electron chi connectivity index (χ4n) is 2.47. The Morgan fingerprint density at radius 3 is 2.86 bits per heavy atom. The summed E-state index contributed by atoms with van der Waals surface area (Å²) in [5.74, 6) is 0.895. The van der Waals surface area contributed by atoms with E-state index < -0.39 is 24.7 Å². The number of carbonyl (C=O) groups excluding carboxylic acids is 2. The van der Waals surface area contributed by atoms with E-state index in [9.17, 15) is 22.8 Å². The molecule has 9 heteroatoms. The van der Waals surface area contributed by atoms with Gasteiger partial charge in [0.2, 0.25) is 11.8 Å². The topological polar surface area (TPSA) is 61.4 Å². The van der Waals surface area contributed by atoms with Crippen LogP contribution in [0.5, 0.6) is 0 Å². The monoisotopic (exact) mass is 325 g/mol. The maximum absolute atomic E-state index is 12.3. The zero-order valence-electron chi connectivity index (χ0n) is 11.4. The van der Waals surface area contributed by atoms with Crippen molar-refractivity contribution in [2.45, 2.75) is 31.1 Å². The number of halogens is 3. The molecule has 2 N–H and O–H groups in total. The lowest BCUT2D eigenvalue weighted by Gasteiger charge is -2.23. The Morgan fingerprint density at radius 1 is 1.48 bits per heavy atom. The first-order valence-electron chi connectivity index (χ1n) is 6.81. The number of carbonyl (C=O) groups is 2. The molecule has 0 aromatic heterocycles. The fraction of sp³-hybridized carbons (Fsp3) is 0.833.